The van der Waals surface area contributed by atoms with E-state index in [1.807, 2.05) is 19.9 Å². The minimum atomic E-state index is -3.78. The van der Waals surface area contributed by atoms with Gasteiger partial charge in [0.05, 0.1) is 4.90 Å². The van der Waals surface area contributed by atoms with Gasteiger partial charge in [0.15, 0.2) is 0 Å². The Balaban J connectivity index is 2.46. The lowest BCUT2D eigenvalue weighted by atomic mass is 9.94. The molecule has 0 aromatic heterocycles. The summed E-state index contributed by atoms with van der Waals surface area (Å²) in [6.07, 6.45) is 1.05. The van der Waals surface area contributed by atoms with Crippen molar-refractivity contribution in [2.24, 2.45) is 5.92 Å². The van der Waals surface area contributed by atoms with Crippen molar-refractivity contribution in [1.29, 1.82) is 0 Å². The molecule has 21 heavy (non-hydrogen) atoms. The maximum Gasteiger partial charge on any atom is 0.322 e. The van der Waals surface area contributed by atoms with Crippen LogP contribution in [-0.4, -0.2) is 36.4 Å². The molecule has 1 heterocycles. The number of sulfonamides is 1. The van der Waals surface area contributed by atoms with Crippen LogP contribution in [0.3, 0.4) is 0 Å². The Labute approximate surface area is 125 Å². The van der Waals surface area contributed by atoms with Crippen molar-refractivity contribution < 1.29 is 18.3 Å². The van der Waals surface area contributed by atoms with Gasteiger partial charge >= 0.3 is 5.97 Å². The van der Waals surface area contributed by atoms with Crippen LogP contribution in [0.2, 0.25) is 0 Å². The Morgan fingerprint density at radius 2 is 2.00 bits per heavy atom. The fourth-order valence-electron chi connectivity index (χ4n) is 2.74. The summed E-state index contributed by atoms with van der Waals surface area (Å²) in [5.41, 5.74) is 1.49. The number of hydrogen-bond donors (Lipinski definition) is 1. The third-order valence-electron chi connectivity index (χ3n) is 4.03. The molecule has 0 saturated carbocycles. The molecule has 1 aliphatic heterocycles. The molecule has 2 atom stereocenters. The fourth-order valence-corrected chi connectivity index (χ4v) is 4.66. The maximum atomic E-state index is 12.8. The molecule has 1 fully saturated rings. The molecule has 1 N–H and O–H groups in total. The molecule has 116 valence electrons. The van der Waals surface area contributed by atoms with Crippen molar-refractivity contribution >= 4 is 16.0 Å². The summed E-state index contributed by atoms with van der Waals surface area (Å²) < 4.78 is 26.8. The molecule has 5 nitrogen and oxygen atoms in total. The second-order valence-corrected chi connectivity index (χ2v) is 7.73. The minimum absolute atomic E-state index is 0.211. The van der Waals surface area contributed by atoms with Crippen molar-refractivity contribution in [3.63, 3.8) is 0 Å². The average Bonchev–Trinajstić information content (AvgIpc) is 2.41. The third kappa shape index (κ3) is 3.11. The number of benzene rings is 1. The standard InChI is InChI=1S/C15H21NO4S/c1-10-4-5-12(3)14(9-10)21(19,20)16-7-6-11(2)8-13(16)15(17)18/h4-5,9,11,13H,6-8H2,1-3H3,(H,17,18). The normalized spacial score (nSPS) is 24.0. The summed E-state index contributed by atoms with van der Waals surface area (Å²) in [5, 5.41) is 9.35. The lowest BCUT2D eigenvalue weighted by Gasteiger charge is -2.35. The largest absolute Gasteiger partial charge is 0.480 e. The van der Waals surface area contributed by atoms with Crippen molar-refractivity contribution in [3.05, 3.63) is 29.3 Å². The molecule has 0 aliphatic carbocycles. The first-order valence-corrected chi connectivity index (χ1v) is 8.49. The van der Waals surface area contributed by atoms with Gasteiger partial charge in [0.2, 0.25) is 10.0 Å². The monoisotopic (exact) mass is 311 g/mol. The summed E-state index contributed by atoms with van der Waals surface area (Å²) in [4.78, 5) is 11.6. The lowest BCUT2D eigenvalue weighted by molar-refractivity contribution is -0.143. The van der Waals surface area contributed by atoms with Crippen LogP contribution in [0.1, 0.15) is 30.9 Å². The molecule has 1 aromatic carbocycles. The van der Waals surface area contributed by atoms with Crippen LogP contribution in [0.15, 0.2) is 23.1 Å². The Morgan fingerprint density at radius 1 is 1.33 bits per heavy atom. The van der Waals surface area contributed by atoms with Crippen molar-refractivity contribution in [1.82, 2.24) is 4.31 Å². The van der Waals surface area contributed by atoms with E-state index in [-0.39, 0.29) is 17.4 Å². The van der Waals surface area contributed by atoms with Crippen LogP contribution in [0.25, 0.3) is 0 Å². The van der Waals surface area contributed by atoms with Crippen molar-refractivity contribution in [3.8, 4) is 0 Å². The summed E-state index contributed by atoms with van der Waals surface area (Å²) in [7, 11) is -3.78. The number of carbonyl (C=O) groups is 1. The van der Waals surface area contributed by atoms with Gasteiger partial charge in [-0.15, -0.1) is 0 Å². The third-order valence-corrected chi connectivity index (χ3v) is 6.08. The first kappa shape index (κ1) is 16.0. The number of hydrogen-bond acceptors (Lipinski definition) is 3. The number of aryl methyl sites for hydroxylation is 2. The number of carboxylic acids is 1. The van der Waals surface area contributed by atoms with E-state index >= 15 is 0 Å². The fraction of sp³-hybridized carbons (Fsp3) is 0.533. The van der Waals surface area contributed by atoms with Crippen LogP contribution in [0, 0.1) is 19.8 Å². The summed E-state index contributed by atoms with van der Waals surface area (Å²) in [6.45, 7) is 5.77. The molecule has 0 radical (unpaired) electrons. The zero-order valence-corrected chi connectivity index (χ0v) is 13.4. The van der Waals surface area contributed by atoms with Crippen LogP contribution in [0.5, 0.6) is 0 Å². The van der Waals surface area contributed by atoms with E-state index in [9.17, 15) is 18.3 Å². The highest BCUT2D eigenvalue weighted by molar-refractivity contribution is 7.89. The van der Waals surface area contributed by atoms with Crippen molar-refractivity contribution in [2.75, 3.05) is 6.54 Å². The van der Waals surface area contributed by atoms with Gasteiger partial charge in [-0.2, -0.15) is 4.31 Å². The van der Waals surface area contributed by atoms with Gasteiger partial charge in [-0.25, -0.2) is 8.42 Å². The topological polar surface area (TPSA) is 74.7 Å². The van der Waals surface area contributed by atoms with Gasteiger partial charge in [-0.05, 0) is 49.8 Å². The number of aliphatic carboxylic acids is 1. The smallest absolute Gasteiger partial charge is 0.322 e. The van der Waals surface area contributed by atoms with Gasteiger partial charge in [0, 0.05) is 6.54 Å². The number of nitrogens with zero attached hydrogens (tertiary/aromatic N) is 1. The zero-order valence-electron chi connectivity index (χ0n) is 12.5. The highest BCUT2D eigenvalue weighted by Gasteiger charge is 2.40. The molecule has 0 spiro atoms. The molecule has 1 saturated heterocycles. The summed E-state index contributed by atoms with van der Waals surface area (Å²) in [5.74, 6) is -0.855. The molecule has 0 amide bonds. The Bertz CT molecular complexity index is 654. The number of piperidine rings is 1. The average molecular weight is 311 g/mol. The highest BCUT2D eigenvalue weighted by Crippen LogP contribution is 2.30. The molecule has 2 rings (SSSR count). The predicted octanol–water partition coefficient (Wildman–Crippen LogP) is 2.18. The quantitative estimate of drug-likeness (QED) is 0.928. The molecule has 6 heteroatoms. The van der Waals surface area contributed by atoms with E-state index in [0.29, 0.717) is 18.4 Å². The van der Waals surface area contributed by atoms with E-state index in [0.717, 1.165) is 9.87 Å². The maximum absolute atomic E-state index is 12.8. The van der Waals surface area contributed by atoms with Gasteiger partial charge in [0.1, 0.15) is 6.04 Å². The summed E-state index contributed by atoms with van der Waals surface area (Å²) in [6, 6.07) is 4.24. The molecule has 0 bridgehead atoms. The molecule has 1 aliphatic rings. The zero-order chi connectivity index (χ0) is 15.8. The van der Waals surface area contributed by atoms with Crippen molar-refractivity contribution in [2.45, 2.75) is 44.6 Å². The van der Waals surface area contributed by atoms with Gasteiger partial charge in [0.25, 0.3) is 0 Å². The van der Waals surface area contributed by atoms with Crippen LogP contribution in [0.4, 0.5) is 0 Å². The van der Waals surface area contributed by atoms with E-state index in [1.165, 1.54) is 0 Å². The molecule has 2 unspecified atom stereocenters. The van der Waals surface area contributed by atoms with Crippen LogP contribution in [-0.2, 0) is 14.8 Å². The molecular formula is C15H21NO4S. The molecular weight excluding hydrogens is 290 g/mol. The Kier molecular flexibility index (Phi) is 4.39. The SMILES string of the molecule is Cc1ccc(C)c(S(=O)(=O)N2CCC(C)CC2C(=O)O)c1. The Morgan fingerprint density at radius 3 is 2.62 bits per heavy atom. The second-order valence-electron chi connectivity index (χ2n) is 5.87. The number of rotatable bonds is 3. The van der Waals surface area contributed by atoms with E-state index < -0.39 is 22.0 Å². The minimum Gasteiger partial charge on any atom is -0.480 e. The Hall–Kier alpha value is -1.40. The van der Waals surface area contributed by atoms with E-state index in [1.54, 1.807) is 19.1 Å². The second kappa shape index (κ2) is 5.77. The predicted molar refractivity (Wildman–Crippen MR) is 79.6 cm³/mol. The van der Waals surface area contributed by atoms with Crippen LogP contribution < -0.4 is 0 Å². The first-order chi connectivity index (χ1) is 9.73. The lowest BCUT2D eigenvalue weighted by Crippen LogP contribution is -2.49. The van der Waals surface area contributed by atoms with Crippen LogP contribution >= 0.6 is 0 Å². The first-order valence-electron chi connectivity index (χ1n) is 7.05. The summed E-state index contributed by atoms with van der Waals surface area (Å²) >= 11 is 0. The van der Waals surface area contributed by atoms with E-state index in [4.69, 9.17) is 0 Å². The number of carboxylic acid groups (broad SMARTS) is 1. The van der Waals surface area contributed by atoms with E-state index in [2.05, 4.69) is 0 Å². The highest BCUT2D eigenvalue weighted by atomic mass is 32.2. The van der Waals surface area contributed by atoms with Gasteiger partial charge in [-0.3, -0.25) is 4.79 Å². The van der Waals surface area contributed by atoms with Gasteiger partial charge < -0.3 is 5.11 Å². The molecule has 1 aromatic rings. The van der Waals surface area contributed by atoms with Gasteiger partial charge in [-0.1, -0.05) is 19.1 Å².